The molecular formula is C26H29NO7. The molecule has 2 aliphatic heterocycles. The first kappa shape index (κ1) is 23.6. The average molecular weight is 468 g/mol. The van der Waals surface area contributed by atoms with Crippen LogP contribution in [-0.4, -0.2) is 61.8 Å². The Hall–Kier alpha value is -3.52. The van der Waals surface area contributed by atoms with E-state index in [1.807, 2.05) is 24.3 Å². The van der Waals surface area contributed by atoms with Gasteiger partial charge < -0.3 is 29.0 Å². The van der Waals surface area contributed by atoms with E-state index in [-0.39, 0.29) is 24.5 Å². The maximum absolute atomic E-state index is 13.1. The molecule has 2 heterocycles. The normalized spacial score (nSPS) is 18.9. The first-order valence-electron chi connectivity index (χ1n) is 11.4. The molecule has 0 radical (unpaired) electrons. The van der Waals surface area contributed by atoms with Crippen LogP contribution in [0.1, 0.15) is 36.9 Å². The number of aliphatic hydroxyl groups excluding tert-OH is 1. The molecule has 0 aromatic heterocycles. The number of hydrogen-bond acceptors (Lipinski definition) is 7. The Balaban J connectivity index is 1.77. The van der Waals surface area contributed by atoms with E-state index in [9.17, 15) is 14.7 Å². The van der Waals surface area contributed by atoms with Gasteiger partial charge in [-0.1, -0.05) is 25.5 Å². The summed E-state index contributed by atoms with van der Waals surface area (Å²) in [4.78, 5) is 27.5. The molecule has 2 aromatic carbocycles. The third-order valence-electron chi connectivity index (χ3n) is 5.83. The Bertz CT molecular complexity index is 1090. The van der Waals surface area contributed by atoms with Crippen molar-refractivity contribution < 1.29 is 33.6 Å². The molecule has 0 unspecified atom stereocenters. The van der Waals surface area contributed by atoms with Gasteiger partial charge in [0.1, 0.15) is 24.7 Å². The largest absolute Gasteiger partial charge is 0.507 e. The van der Waals surface area contributed by atoms with Crippen molar-refractivity contribution in [3.8, 4) is 17.2 Å². The van der Waals surface area contributed by atoms with Crippen LogP contribution < -0.4 is 14.2 Å². The maximum atomic E-state index is 13.1. The Morgan fingerprint density at radius 1 is 1.09 bits per heavy atom. The molecule has 1 amide bonds. The van der Waals surface area contributed by atoms with Crippen molar-refractivity contribution in [3.05, 3.63) is 59.2 Å². The molecule has 34 heavy (non-hydrogen) atoms. The van der Waals surface area contributed by atoms with Gasteiger partial charge in [0, 0.05) is 19.2 Å². The number of amides is 1. The van der Waals surface area contributed by atoms with E-state index in [4.69, 9.17) is 18.9 Å². The minimum Gasteiger partial charge on any atom is -0.507 e. The van der Waals surface area contributed by atoms with E-state index >= 15 is 0 Å². The number of benzene rings is 2. The molecule has 0 saturated carbocycles. The summed E-state index contributed by atoms with van der Waals surface area (Å²) in [6.45, 7) is 3.94. The number of hydrogen-bond donors (Lipinski definition) is 1. The number of carbonyl (C=O) groups excluding carboxylic acids is 2. The summed E-state index contributed by atoms with van der Waals surface area (Å²) in [5, 5.41) is 11.2. The van der Waals surface area contributed by atoms with Crippen molar-refractivity contribution in [1.82, 2.24) is 4.90 Å². The molecule has 4 rings (SSSR count). The van der Waals surface area contributed by atoms with Gasteiger partial charge in [-0.15, -0.1) is 0 Å². The highest BCUT2D eigenvalue weighted by Gasteiger charge is 2.46. The number of aliphatic hydroxyl groups is 1. The summed E-state index contributed by atoms with van der Waals surface area (Å²) >= 11 is 0. The van der Waals surface area contributed by atoms with E-state index in [2.05, 4.69) is 6.92 Å². The standard InChI is InChI=1S/C26H29NO7/c1-3-4-11-32-19-7-5-6-17(15-19)23-22(25(29)26(30)27(23)10-12-31-2)24(28)18-8-9-20-21(16-18)34-14-13-33-20/h5-9,15-16,23,28H,3-4,10-14H2,1-2H3/t23-/m1/s1. The van der Waals surface area contributed by atoms with E-state index < -0.39 is 17.7 Å². The number of methoxy groups -OCH3 is 1. The summed E-state index contributed by atoms with van der Waals surface area (Å²) in [6, 6.07) is 11.4. The fourth-order valence-electron chi connectivity index (χ4n) is 4.10. The van der Waals surface area contributed by atoms with Crippen LogP contribution in [-0.2, 0) is 14.3 Å². The Morgan fingerprint density at radius 2 is 1.88 bits per heavy atom. The zero-order chi connectivity index (χ0) is 24.1. The van der Waals surface area contributed by atoms with Crippen molar-refractivity contribution in [1.29, 1.82) is 0 Å². The highest BCUT2D eigenvalue weighted by Crippen LogP contribution is 2.41. The molecule has 1 fully saturated rings. The zero-order valence-electron chi connectivity index (χ0n) is 19.4. The molecular weight excluding hydrogens is 438 g/mol. The Kier molecular flexibility index (Phi) is 7.37. The van der Waals surface area contributed by atoms with Crippen molar-refractivity contribution in [2.75, 3.05) is 40.1 Å². The highest BCUT2D eigenvalue weighted by molar-refractivity contribution is 6.46. The van der Waals surface area contributed by atoms with Crippen molar-refractivity contribution in [2.24, 2.45) is 0 Å². The molecule has 8 heteroatoms. The van der Waals surface area contributed by atoms with Gasteiger partial charge in [-0.3, -0.25) is 9.59 Å². The molecule has 180 valence electrons. The first-order valence-corrected chi connectivity index (χ1v) is 11.4. The predicted octanol–water partition coefficient (Wildman–Crippen LogP) is 3.70. The molecule has 0 bridgehead atoms. The summed E-state index contributed by atoms with van der Waals surface area (Å²) in [7, 11) is 1.53. The van der Waals surface area contributed by atoms with Crippen LogP contribution in [0.2, 0.25) is 0 Å². The van der Waals surface area contributed by atoms with Gasteiger partial charge in [-0.05, 0) is 42.3 Å². The summed E-state index contributed by atoms with van der Waals surface area (Å²) in [6.07, 6.45) is 1.92. The summed E-state index contributed by atoms with van der Waals surface area (Å²) in [5.41, 5.74) is 1.06. The minimum atomic E-state index is -0.780. The second-order valence-corrected chi connectivity index (χ2v) is 8.12. The second kappa shape index (κ2) is 10.6. The Morgan fingerprint density at radius 3 is 2.65 bits per heavy atom. The average Bonchev–Trinajstić information content (AvgIpc) is 3.12. The quantitative estimate of drug-likeness (QED) is 0.260. The summed E-state index contributed by atoms with van der Waals surface area (Å²) < 4.78 is 22.2. The number of carbonyl (C=O) groups is 2. The highest BCUT2D eigenvalue weighted by atomic mass is 16.6. The minimum absolute atomic E-state index is 0.0171. The maximum Gasteiger partial charge on any atom is 0.295 e. The molecule has 2 aromatic rings. The molecule has 1 atom stereocenters. The van der Waals surface area contributed by atoms with Crippen LogP contribution in [0.4, 0.5) is 0 Å². The van der Waals surface area contributed by atoms with E-state index in [1.165, 1.54) is 12.0 Å². The third kappa shape index (κ3) is 4.72. The predicted molar refractivity (Wildman–Crippen MR) is 125 cm³/mol. The van der Waals surface area contributed by atoms with Crippen LogP contribution >= 0.6 is 0 Å². The Labute approximate surface area is 198 Å². The SMILES string of the molecule is CCCCOc1cccc([C@@H]2C(=C(O)c3ccc4c(c3)OCCO4)C(=O)C(=O)N2CCOC)c1. The van der Waals surface area contributed by atoms with Gasteiger partial charge in [0.25, 0.3) is 11.7 Å². The number of rotatable bonds is 9. The number of Topliss-reactive ketones (excluding diaryl/α,β-unsaturated/α-hetero) is 1. The van der Waals surface area contributed by atoms with Crippen LogP contribution in [0, 0.1) is 0 Å². The first-order chi connectivity index (χ1) is 16.5. The fraction of sp³-hybridized carbons (Fsp3) is 0.385. The molecule has 0 spiro atoms. The van der Waals surface area contributed by atoms with Gasteiger partial charge in [0.05, 0.1) is 24.8 Å². The second-order valence-electron chi connectivity index (χ2n) is 8.12. The number of fused-ring (bicyclic) bond motifs is 1. The number of nitrogens with zero attached hydrogens (tertiary/aromatic N) is 1. The summed E-state index contributed by atoms with van der Waals surface area (Å²) in [5.74, 6) is -0.00648. The lowest BCUT2D eigenvalue weighted by Gasteiger charge is -2.25. The van der Waals surface area contributed by atoms with E-state index in [0.29, 0.717) is 48.2 Å². The third-order valence-corrected chi connectivity index (χ3v) is 5.83. The lowest BCUT2D eigenvalue weighted by molar-refractivity contribution is -0.140. The van der Waals surface area contributed by atoms with E-state index in [1.54, 1.807) is 18.2 Å². The number of ketones is 1. The van der Waals surface area contributed by atoms with E-state index in [0.717, 1.165) is 12.8 Å². The van der Waals surface area contributed by atoms with Gasteiger partial charge in [0.15, 0.2) is 11.5 Å². The number of unbranched alkanes of at least 4 members (excludes halogenated alkanes) is 1. The molecule has 1 saturated heterocycles. The molecule has 2 aliphatic rings. The van der Waals surface area contributed by atoms with Crippen LogP contribution in [0.3, 0.4) is 0 Å². The van der Waals surface area contributed by atoms with Crippen LogP contribution in [0.5, 0.6) is 17.2 Å². The number of likely N-dealkylation sites (tertiary alicyclic amines) is 1. The van der Waals surface area contributed by atoms with Gasteiger partial charge in [-0.2, -0.15) is 0 Å². The topological polar surface area (TPSA) is 94.5 Å². The molecule has 1 N–H and O–H groups in total. The fourth-order valence-corrected chi connectivity index (χ4v) is 4.10. The monoisotopic (exact) mass is 467 g/mol. The van der Waals surface area contributed by atoms with Crippen molar-refractivity contribution >= 4 is 17.4 Å². The molecule has 0 aliphatic carbocycles. The zero-order valence-corrected chi connectivity index (χ0v) is 19.4. The lowest BCUT2D eigenvalue weighted by atomic mass is 9.95. The van der Waals surface area contributed by atoms with Gasteiger partial charge >= 0.3 is 0 Å². The lowest BCUT2D eigenvalue weighted by Crippen LogP contribution is -2.32. The smallest absolute Gasteiger partial charge is 0.295 e. The molecule has 8 nitrogen and oxygen atoms in total. The number of ether oxygens (including phenoxy) is 4. The van der Waals surface area contributed by atoms with Gasteiger partial charge in [-0.25, -0.2) is 0 Å². The van der Waals surface area contributed by atoms with Gasteiger partial charge in [0.2, 0.25) is 0 Å². The van der Waals surface area contributed by atoms with Crippen LogP contribution in [0.15, 0.2) is 48.0 Å². The van der Waals surface area contributed by atoms with Crippen molar-refractivity contribution in [3.63, 3.8) is 0 Å². The van der Waals surface area contributed by atoms with Crippen LogP contribution in [0.25, 0.3) is 5.76 Å². The van der Waals surface area contributed by atoms with Crippen molar-refractivity contribution in [2.45, 2.75) is 25.8 Å².